The Balaban J connectivity index is 1.88. The van der Waals surface area contributed by atoms with Crippen LogP contribution in [0.5, 0.6) is 0 Å². The van der Waals surface area contributed by atoms with Crippen LogP contribution in [0.1, 0.15) is 15.9 Å². The third-order valence-corrected chi connectivity index (χ3v) is 4.03. The molecule has 1 aliphatic rings. The van der Waals surface area contributed by atoms with Gasteiger partial charge in [0.05, 0.1) is 5.56 Å². The molecule has 1 aromatic heterocycles. The van der Waals surface area contributed by atoms with Crippen molar-refractivity contribution in [2.75, 3.05) is 0 Å². The van der Waals surface area contributed by atoms with Gasteiger partial charge in [0.1, 0.15) is 6.29 Å². The second kappa shape index (κ2) is 4.67. The maximum absolute atomic E-state index is 11.0. The Kier molecular flexibility index (Phi) is 2.68. The molecule has 0 N–H and O–H groups in total. The molecule has 0 radical (unpaired) electrons. The summed E-state index contributed by atoms with van der Waals surface area (Å²) in [5.41, 5.74) is 6.75. The van der Waals surface area contributed by atoms with Crippen LogP contribution in [0.4, 0.5) is 0 Å². The maximum atomic E-state index is 11.0. The fourth-order valence-corrected chi connectivity index (χ4v) is 2.94. The molecule has 0 saturated heterocycles. The van der Waals surface area contributed by atoms with E-state index >= 15 is 0 Å². The molecule has 0 spiro atoms. The Labute approximate surface area is 123 Å². The quantitative estimate of drug-likeness (QED) is 0.404. The fourth-order valence-electron chi connectivity index (χ4n) is 2.94. The minimum absolute atomic E-state index is 0.729. The van der Waals surface area contributed by atoms with Crippen LogP contribution in [0.15, 0.2) is 66.9 Å². The zero-order valence-electron chi connectivity index (χ0n) is 11.5. The lowest BCUT2D eigenvalue weighted by Gasteiger charge is -2.01. The lowest BCUT2D eigenvalue weighted by Crippen LogP contribution is -2.31. The molecule has 3 aromatic rings. The van der Waals surface area contributed by atoms with E-state index in [0.717, 1.165) is 24.0 Å². The summed E-state index contributed by atoms with van der Waals surface area (Å²) in [4.78, 5) is 11.0. The lowest BCUT2D eigenvalue weighted by atomic mass is 10.0. The summed E-state index contributed by atoms with van der Waals surface area (Å²) in [7, 11) is 0. The van der Waals surface area contributed by atoms with Crippen molar-refractivity contribution in [3.8, 4) is 22.4 Å². The fraction of sp³-hybridized carbons (Fsp3) is 0.0526. The van der Waals surface area contributed by atoms with Crippen molar-refractivity contribution in [3.63, 3.8) is 0 Å². The molecule has 2 aromatic carbocycles. The molecule has 4 rings (SSSR count). The number of fused-ring (bicyclic) bond motifs is 3. The van der Waals surface area contributed by atoms with Crippen LogP contribution in [0.3, 0.4) is 0 Å². The van der Waals surface area contributed by atoms with E-state index in [9.17, 15) is 4.79 Å². The summed E-state index contributed by atoms with van der Waals surface area (Å²) in [6, 6.07) is 20.6. The van der Waals surface area contributed by atoms with E-state index in [4.69, 9.17) is 0 Å². The maximum Gasteiger partial charge on any atom is 0.213 e. The van der Waals surface area contributed by atoms with E-state index in [1.165, 1.54) is 22.4 Å². The van der Waals surface area contributed by atoms with Crippen molar-refractivity contribution < 1.29 is 9.36 Å². The third-order valence-electron chi connectivity index (χ3n) is 4.03. The highest BCUT2D eigenvalue weighted by Crippen LogP contribution is 2.30. The van der Waals surface area contributed by atoms with E-state index in [-0.39, 0.29) is 0 Å². The Morgan fingerprint density at radius 2 is 1.76 bits per heavy atom. The van der Waals surface area contributed by atoms with Crippen molar-refractivity contribution in [2.45, 2.75) is 6.54 Å². The third kappa shape index (κ3) is 1.96. The number of carbonyl (C=O) groups is 1. The molecule has 0 unspecified atom stereocenters. The summed E-state index contributed by atoms with van der Waals surface area (Å²) in [6.07, 6.45) is 3.03. The summed E-state index contributed by atoms with van der Waals surface area (Å²) >= 11 is 0. The normalized spacial score (nSPS) is 11.8. The summed E-state index contributed by atoms with van der Waals surface area (Å²) in [5, 5.41) is 0. The predicted molar refractivity (Wildman–Crippen MR) is 82.0 cm³/mol. The van der Waals surface area contributed by atoms with E-state index in [1.54, 1.807) is 0 Å². The minimum Gasteiger partial charge on any atom is -0.298 e. The molecule has 0 amide bonds. The van der Waals surface area contributed by atoms with Crippen molar-refractivity contribution in [1.29, 1.82) is 0 Å². The first-order valence-corrected chi connectivity index (χ1v) is 7.02. The van der Waals surface area contributed by atoms with Gasteiger partial charge in [-0.15, -0.1) is 0 Å². The van der Waals surface area contributed by atoms with E-state index in [1.807, 2.05) is 36.4 Å². The molecule has 2 heteroatoms. The Hall–Kier alpha value is -2.74. The van der Waals surface area contributed by atoms with E-state index in [0.29, 0.717) is 0 Å². The highest BCUT2D eigenvalue weighted by Gasteiger charge is 2.26. The second-order valence-corrected chi connectivity index (χ2v) is 5.33. The standard InChI is InChI=1S/C19H14NO/c21-13-14-6-7-17-12-20-9-8-16(11-19(20)18(17)10-14)15-4-2-1-3-5-15/h1-11,13H,12H2/q+1. The molecule has 0 atom stereocenters. The lowest BCUT2D eigenvalue weighted by molar-refractivity contribution is -0.672. The predicted octanol–water partition coefficient (Wildman–Crippen LogP) is 3.48. The molecule has 100 valence electrons. The molecule has 0 bridgehead atoms. The number of aromatic nitrogens is 1. The van der Waals surface area contributed by atoms with Crippen LogP contribution in [-0.4, -0.2) is 6.29 Å². The molecule has 0 fully saturated rings. The molecule has 0 aliphatic carbocycles. The number of carbonyl (C=O) groups excluding carboxylic acids is 1. The smallest absolute Gasteiger partial charge is 0.213 e. The highest BCUT2D eigenvalue weighted by atomic mass is 16.1. The van der Waals surface area contributed by atoms with Gasteiger partial charge in [0.2, 0.25) is 5.69 Å². The van der Waals surface area contributed by atoms with Crippen LogP contribution < -0.4 is 4.57 Å². The van der Waals surface area contributed by atoms with E-state index < -0.39 is 0 Å². The zero-order chi connectivity index (χ0) is 14.2. The van der Waals surface area contributed by atoms with Crippen LogP contribution in [0.2, 0.25) is 0 Å². The summed E-state index contributed by atoms with van der Waals surface area (Å²) in [6.45, 7) is 0.874. The van der Waals surface area contributed by atoms with Crippen molar-refractivity contribution in [2.24, 2.45) is 0 Å². The van der Waals surface area contributed by atoms with Gasteiger partial charge in [0, 0.05) is 23.3 Å². The van der Waals surface area contributed by atoms with Gasteiger partial charge in [0.15, 0.2) is 12.7 Å². The Bertz CT molecular complexity index is 837. The van der Waals surface area contributed by atoms with Gasteiger partial charge in [-0.3, -0.25) is 4.79 Å². The van der Waals surface area contributed by atoms with Crippen molar-refractivity contribution in [1.82, 2.24) is 0 Å². The van der Waals surface area contributed by atoms with Gasteiger partial charge in [0.25, 0.3) is 0 Å². The van der Waals surface area contributed by atoms with Gasteiger partial charge >= 0.3 is 0 Å². The first kappa shape index (κ1) is 12.0. The van der Waals surface area contributed by atoms with Gasteiger partial charge in [-0.2, -0.15) is 4.57 Å². The number of hydrogen-bond donors (Lipinski definition) is 0. The molecular formula is C19H14NO+. The monoisotopic (exact) mass is 272 g/mol. The van der Waals surface area contributed by atoms with Crippen LogP contribution in [0.25, 0.3) is 22.4 Å². The first-order valence-electron chi connectivity index (χ1n) is 7.02. The van der Waals surface area contributed by atoms with Gasteiger partial charge < -0.3 is 0 Å². The molecule has 0 saturated carbocycles. The number of aldehydes is 1. The summed E-state index contributed by atoms with van der Waals surface area (Å²) in [5.74, 6) is 0. The van der Waals surface area contributed by atoms with Gasteiger partial charge in [-0.05, 0) is 17.2 Å². The largest absolute Gasteiger partial charge is 0.298 e. The average molecular weight is 272 g/mol. The molecule has 21 heavy (non-hydrogen) atoms. The Morgan fingerprint density at radius 3 is 2.57 bits per heavy atom. The van der Waals surface area contributed by atoms with E-state index in [2.05, 4.69) is 35.0 Å². The molecule has 2 heterocycles. The number of pyridine rings is 1. The second-order valence-electron chi connectivity index (χ2n) is 5.33. The topological polar surface area (TPSA) is 20.9 Å². The number of rotatable bonds is 2. The number of hydrogen-bond acceptors (Lipinski definition) is 1. The SMILES string of the molecule is O=Cc1ccc2c(c1)-c1cc(-c3ccccc3)cc[n+]1C2. The summed E-state index contributed by atoms with van der Waals surface area (Å²) < 4.78 is 2.23. The number of benzene rings is 2. The Morgan fingerprint density at radius 1 is 0.905 bits per heavy atom. The van der Waals surface area contributed by atoms with Crippen LogP contribution >= 0.6 is 0 Å². The molecule has 1 aliphatic heterocycles. The highest BCUT2D eigenvalue weighted by molar-refractivity contribution is 5.80. The average Bonchev–Trinajstić information content (AvgIpc) is 2.92. The minimum atomic E-state index is 0.729. The molecule has 2 nitrogen and oxygen atoms in total. The zero-order valence-corrected chi connectivity index (χ0v) is 11.5. The number of nitrogens with zero attached hydrogens (tertiary/aromatic N) is 1. The first-order chi connectivity index (χ1) is 10.3. The van der Waals surface area contributed by atoms with Crippen LogP contribution in [0, 0.1) is 0 Å². The van der Waals surface area contributed by atoms with Gasteiger partial charge in [-0.25, -0.2) is 0 Å². The molecular weight excluding hydrogens is 258 g/mol. The van der Waals surface area contributed by atoms with Crippen molar-refractivity contribution in [3.05, 3.63) is 78.0 Å². The van der Waals surface area contributed by atoms with Gasteiger partial charge in [-0.1, -0.05) is 42.5 Å². The van der Waals surface area contributed by atoms with Crippen molar-refractivity contribution >= 4 is 6.29 Å². The van der Waals surface area contributed by atoms with Crippen LogP contribution in [-0.2, 0) is 6.54 Å².